The van der Waals surface area contributed by atoms with E-state index in [4.69, 9.17) is 27.9 Å². The van der Waals surface area contributed by atoms with E-state index in [1.165, 1.54) is 38.4 Å². The SMILES string of the molecule is CON(C)S(=O)(=O)c1cccc(C(=O)OCC2CC2(Cl)Cl)c1. The summed E-state index contributed by atoms with van der Waals surface area (Å²) in [5.74, 6) is -0.723. The van der Waals surface area contributed by atoms with Gasteiger partial charge in [-0.15, -0.1) is 23.2 Å². The number of ether oxygens (including phenoxy) is 1. The standard InChI is InChI=1S/C13H15Cl2NO5S/c1-16(20-2)22(18,19)11-5-3-4-9(6-11)12(17)21-8-10-7-13(10,14)15/h3-6,10H,7-8H2,1-2H3. The van der Waals surface area contributed by atoms with Gasteiger partial charge in [0.1, 0.15) is 4.33 Å². The lowest BCUT2D eigenvalue weighted by molar-refractivity contribution is -0.0258. The topological polar surface area (TPSA) is 72.9 Å². The van der Waals surface area contributed by atoms with Crippen molar-refractivity contribution in [3.8, 4) is 0 Å². The summed E-state index contributed by atoms with van der Waals surface area (Å²) in [7, 11) is -1.33. The molecule has 122 valence electrons. The maximum Gasteiger partial charge on any atom is 0.338 e. The van der Waals surface area contributed by atoms with E-state index in [0.717, 1.165) is 0 Å². The Balaban J connectivity index is 2.09. The van der Waals surface area contributed by atoms with Crippen molar-refractivity contribution in [1.29, 1.82) is 0 Å². The molecule has 1 fully saturated rings. The molecule has 1 unspecified atom stereocenters. The Kier molecular flexibility index (Phi) is 5.03. The Morgan fingerprint density at radius 1 is 1.45 bits per heavy atom. The molecule has 1 aliphatic carbocycles. The number of nitrogens with zero attached hydrogens (tertiary/aromatic N) is 1. The van der Waals surface area contributed by atoms with Crippen LogP contribution in [0.1, 0.15) is 16.8 Å². The van der Waals surface area contributed by atoms with E-state index >= 15 is 0 Å². The van der Waals surface area contributed by atoms with E-state index in [1.807, 2.05) is 0 Å². The van der Waals surface area contributed by atoms with Gasteiger partial charge in [-0.2, -0.15) is 0 Å². The maximum absolute atomic E-state index is 12.1. The molecular formula is C13H15Cl2NO5S. The fraction of sp³-hybridized carbons (Fsp3) is 0.462. The summed E-state index contributed by atoms with van der Waals surface area (Å²) in [5, 5.41) is 0. The highest BCUT2D eigenvalue weighted by atomic mass is 35.5. The molecule has 0 bridgehead atoms. The lowest BCUT2D eigenvalue weighted by Crippen LogP contribution is -2.26. The van der Waals surface area contributed by atoms with Crippen LogP contribution in [0.15, 0.2) is 29.2 Å². The highest BCUT2D eigenvalue weighted by molar-refractivity contribution is 7.89. The average Bonchev–Trinajstić information content (AvgIpc) is 3.11. The summed E-state index contributed by atoms with van der Waals surface area (Å²) < 4.78 is 29.2. The molecule has 0 aromatic heterocycles. The van der Waals surface area contributed by atoms with Crippen LogP contribution in [-0.2, 0) is 19.6 Å². The summed E-state index contributed by atoms with van der Waals surface area (Å²) in [6.07, 6.45) is 0.566. The van der Waals surface area contributed by atoms with Crippen LogP contribution >= 0.6 is 23.2 Å². The second-order valence-electron chi connectivity index (χ2n) is 4.89. The van der Waals surface area contributed by atoms with Crippen molar-refractivity contribution in [2.45, 2.75) is 15.6 Å². The number of benzene rings is 1. The quantitative estimate of drug-likeness (QED) is 0.437. The second-order valence-corrected chi connectivity index (χ2v) is 8.36. The zero-order chi connectivity index (χ0) is 16.5. The monoisotopic (exact) mass is 367 g/mol. The number of sulfonamides is 1. The minimum Gasteiger partial charge on any atom is -0.462 e. The molecule has 0 spiro atoms. The highest BCUT2D eigenvalue weighted by Gasteiger charge is 2.52. The van der Waals surface area contributed by atoms with Crippen LogP contribution < -0.4 is 0 Å². The Morgan fingerprint density at radius 2 is 2.09 bits per heavy atom. The van der Waals surface area contributed by atoms with E-state index in [0.29, 0.717) is 10.9 Å². The number of carbonyl (C=O) groups excluding carboxylic acids is 1. The van der Waals surface area contributed by atoms with Crippen molar-refractivity contribution in [2.24, 2.45) is 5.92 Å². The van der Waals surface area contributed by atoms with Crippen molar-refractivity contribution in [1.82, 2.24) is 4.47 Å². The van der Waals surface area contributed by atoms with Crippen LogP contribution in [-0.4, -0.2) is 44.0 Å². The van der Waals surface area contributed by atoms with Gasteiger partial charge < -0.3 is 4.74 Å². The normalized spacial score (nSPS) is 20.0. The molecule has 0 amide bonds. The van der Waals surface area contributed by atoms with E-state index in [9.17, 15) is 13.2 Å². The van der Waals surface area contributed by atoms with Crippen molar-refractivity contribution < 1.29 is 22.8 Å². The predicted octanol–water partition coefficient (Wildman–Crippen LogP) is 2.22. The minimum atomic E-state index is -3.82. The largest absolute Gasteiger partial charge is 0.462 e. The maximum atomic E-state index is 12.1. The van der Waals surface area contributed by atoms with Crippen LogP contribution in [0.25, 0.3) is 0 Å². The van der Waals surface area contributed by atoms with Gasteiger partial charge in [0.25, 0.3) is 10.0 Å². The van der Waals surface area contributed by atoms with Crippen LogP contribution in [0.3, 0.4) is 0 Å². The first-order valence-corrected chi connectivity index (χ1v) is 8.56. The lowest BCUT2D eigenvalue weighted by atomic mass is 10.2. The van der Waals surface area contributed by atoms with Gasteiger partial charge in [0, 0.05) is 13.0 Å². The minimum absolute atomic E-state index is 0.0678. The Morgan fingerprint density at radius 3 is 2.64 bits per heavy atom. The van der Waals surface area contributed by atoms with Gasteiger partial charge in [-0.1, -0.05) is 10.5 Å². The number of esters is 1. The summed E-state index contributed by atoms with van der Waals surface area (Å²) in [4.78, 5) is 16.6. The molecule has 0 N–H and O–H groups in total. The zero-order valence-electron chi connectivity index (χ0n) is 12.0. The van der Waals surface area contributed by atoms with Crippen molar-refractivity contribution in [3.05, 3.63) is 29.8 Å². The van der Waals surface area contributed by atoms with Crippen LogP contribution in [0.2, 0.25) is 0 Å². The van der Waals surface area contributed by atoms with E-state index in [-0.39, 0.29) is 23.0 Å². The molecule has 1 aromatic rings. The van der Waals surface area contributed by atoms with E-state index < -0.39 is 20.3 Å². The van der Waals surface area contributed by atoms with Gasteiger partial charge in [0.2, 0.25) is 0 Å². The Hall–Kier alpha value is -0.860. The smallest absolute Gasteiger partial charge is 0.338 e. The van der Waals surface area contributed by atoms with Crippen molar-refractivity contribution in [3.63, 3.8) is 0 Å². The number of hydrogen-bond acceptors (Lipinski definition) is 5. The molecular weight excluding hydrogens is 353 g/mol. The predicted molar refractivity (Wildman–Crippen MR) is 81.2 cm³/mol. The number of rotatable bonds is 6. The van der Waals surface area contributed by atoms with E-state index in [2.05, 4.69) is 4.84 Å². The second kappa shape index (κ2) is 6.33. The van der Waals surface area contributed by atoms with Crippen molar-refractivity contribution in [2.75, 3.05) is 20.8 Å². The molecule has 1 saturated carbocycles. The first kappa shape index (κ1) is 17.5. The first-order chi connectivity index (χ1) is 10.2. The van der Waals surface area contributed by atoms with Gasteiger partial charge in [-0.3, -0.25) is 4.84 Å². The zero-order valence-corrected chi connectivity index (χ0v) is 14.3. The molecule has 1 atom stereocenters. The summed E-state index contributed by atoms with van der Waals surface area (Å²) in [6.45, 7) is 0.0980. The summed E-state index contributed by atoms with van der Waals surface area (Å²) in [6, 6.07) is 5.52. The summed E-state index contributed by atoms with van der Waals surface area (Å²) in [5.41, 5.74) is 0.126. The van der Waals surface area contributed by atoms with Gasteiger partial charge in [-0.25, -0.2) is 13.2 Å². The molecule has 9 heteroatoms. The van der Waals surface area contributed by atoms with Gasteiger partial charge in [-0.05, 0) is 24.6 Å². The van der Waals surface area contributed by atoms with Gasteiger partial charge in [0.15, 0.2) is 0 Å². The number of alkyl halides is 2. The number of halogens is 2. The Bertz CT molecular complexity index is 677. The molecule has 0 radical (unpaired) electrons. The molecule has 1 aromatic carbocycles. The third-order valence-electron chi connectivity index (χ3n) is 3.33. The molecule has 0 aliphatic heterocycles. The van der Waals surface area contributed by atoms with E-state index in [1.54, 1.807) is 0 Å². The van der Waals surface area contributed by atoms with Crippen LogP contribution in [0.4, 0.5) is 0 Å². The third kappa shape index (κ3) is 3.72. The molecule has 0 saturated heterocycles. The average molecular weight is 368 g/mol. The molecule has 6 nitrogen and oxygen atoms in total. The van der Waals surface area contributed by atoms with Gasteiger partial charge >= 0.3 is 5.97 Å². The lowest BCUT2D eigenvalue weighted by Gasteiger charge is -2.14. The molecule has 1 aliphatic rings. The van der Waals surface area contributed by atoms with Gasteiger partial charge in [0.05, 0.1) is 24.2 Å². The van der Waals surface area contributed by atoms with Crippen molar-refractivity contribution >= 4 is 39.2 Å². The third-order valence-corrected chi connectivity index (χ3v) is 5.94. The highest BCUT2D eigenvalue weighted by Crippen LogP contribution is 2.53. The first-order valence-electron chi connectivity index (χ1n) is 6.36. The van der Waals surface area contributed by atoms with Crippen LogP contribution in [0.5, 0.6) is 0 Å². The number of carbonyl (C=O) groups is 1. The Labute approximate surface area is 138 Å². The fourth-order valence-electron chi connectivity index (χ4n) is 1.74. The fourth-order valence-corrected chi connectivity index (χ4v) is 3.26. The molecule has 22 heavy (non-hydrogen) atoms. The summed E-state index contributed by atoms with van der Waals surface area (Å²) >= 11 is 11.7. The molecule has 2 rings (SSSR count). The number of hydrogen-bond donors (Lipinski definition) is 0. The number of hydroxylamine groups is 1. The van der Waals surface area contributed by atoms with Crippen LogP contribution in [0, 0.1) is 5.92 Å². The molecule has 0 heterocycles.